The summed E-state index contributed by atoms with van der Waals surface area (Å²) in [6, 6.07) is 5.40. The molecule has 0 spiro atoms. The zero-order valence-corrected chi connectivity index (χ0v) is 10.8. The Labute approximate surface area is 107 Å². The largest absolute Gasteiger partial charge is 0.316 e. The summed E-state index contributed by atoms with van der Waals surface area (Å²) in [7, 11) is -3.73. The molecule has 6 heteroatoms. The fourth-order valence-corrected chi connectivity index (χ4v) is 3.22. The highest BCUT2D eigenvalue weighted by Crippen LogP contribution is 2.14. The summed E-state index contributed by atoms with van der Waals surface area (Å²) in [6.45, 7) is 2.27. The molecule has 1 unspecified atom stereocenters. The minimum Gasteiger partial charge on any atom is -0.316 e. The molecule has 1 aliphatic rings. The molecule has 2 rings (SSSR count). The molecule has 100 valence electrons. The Hall–Kier alpha value is -0.980. The minimum absolute atomic E-state index is 0.283. The standard InChI is InChI=1S/C12H17FN2O2S/c13-11-3-1-2-4-12(11)18(16,17)15-8-6-10-5-7-14-9-10/h1-4,10,14-15H,5-9H2. The van der Waals surface area contributed by atoms with Crippen LogP contribution in [0.3, 0.4) is 0 Å². The average Bonchev–Trinajstić information content (AvgIpc) is 2.82. The maximum absolute atomic E-state index is 13.4. The lowest BCUT2D eigenvalue weighted by atomic mass is 10.1. The summed E-state index contributed by atoms with van der Waals surface area (Å²) in [6.07, 6.45) is 1.85. The smallest absolute Gasteiger partial charge is 0.243 e. The Morgan fingerprint density at radius 1 is 1.39 bits per heavy atom. The first-order valence-corrected chi connectivity index (χ1v) is 7.53. The first-order chi connectivity index (χ1) is 8.59. The van der Waals surface area contributed by atoms with Gasteiger partial charge in [0, 0.05) is 6.54 Å². The van der Waals surface area contributed by atoms with E-state index in [1.807, 2.05) is 0 Å². The summed E-state index contributed by atoms with van der Waals surface area (Å²) in [5.74, 6) is -0.208. The van der Waals surface area contributed by atoms with Crippen LogP contribution in [0.15, 0.2) is 29.2 Å². The topological polar surface area (TPSA) is 58.2 Å². The molecular weight excluding hydrogens is 255 g/mol. The van der Waals surface area contributed by atoms with E-state index >= 15 is 0 Å². The highest BCUT2D eigenvalue weighted by molar-refractivity contribution is 7.89. The summed E-state index contributed by atoms with van der Waals surface area (Å²) in [5.41, 5.74) is 0. The van der Waals surface area contributed by atoms with Gasteiger partial charge in [-0.15, -0.1) is 0 Å². The van der Waals surface area contributed by atoms with Crippen LogP contribution in [0, 0.1) is 11.7 Å². The zero-order valence-electron chi connectivity index (χ0n) is 10.0. The summed E-state index contributed by atoms with van der Waals surface area (Å²) >= 11 is 0. The van der Waals surface area contributed by atoms with E-state index in [1.165, 1.54) is 18.2 Å². The molecule has 0 aliphatic carbocycles. The second-order valence-corrected chi connectivity index (χ2v) is 6.21. The van der Waals surface area contributed by atoms with Crippen LogP contribution in [0.1, 0.15) is 12.8 Å². The van der Waals surface area contributed by atoms with Crippen molar-refractivity contribution in [1.82, 2.24) is 10.0 Å². The van der Waals surface area contributed by atoms with Crippen molar-refractivity contribution in [2.45, 2.75) is 17.7 Å². The fraction of sp³-hybridized carbons (Fsp3) is 0.500. The Kier molecular flexibility index (Phi) is 4.31. The highest BCUT2D eigenvalue weighted by Gasteiger charge is 2.19. The third kappa shape index (κ3) is 3.28. The lowest BCUT2D eigenvalue weighted by molar-refractivity contribution is 0.515. The molecule has 4 nitrogen and oxygen atoms in total. The van der Waals surface area contributed by atoms with Crippen molar-refractivity contribution < 1.29 is 12.8 Å². The number of hydrogen-bond acceptors (Lipinski definition) is 3. The zero-order chi connectivity index (χ0) is 13.0. The molecule has 18 heavy (non-hydrogen) atoms. The van der Waals surface area contributed by atoms with E-state index in [4.69, 9.17) is 0 Å². The van der Waals surface area contributed by atoms with Gasteiger partial charge >= 0.3 is 0 Å². The van der Waals surface area contributed by atoms with Crippen LogP contribution < -0.4 is 10.0 Å². The van der Waals surface area contributed by atoms with Gasteiger partial charge in [-0.2, -0.15) is 0 Å². The number of hydrogen-bond donors (Lipinski definition) is 2. The number of halogens is 1. The second-order valence-electron chi connectivity index (χ2n) is 4.48. The van der Waals surface area contributed by atoms with Crippen LogP contribution in [0.25, 0.3) is 0 Å². The van der Waals surface area contributed by atoms with E-state index in [-0.39, 0.29) is 4.90 Å². The van der Waals surface area contributed by atoms with Gasteiger partial charge in [0.15, 0.2) is 0 Å². The van der Waals surface area contributed by atoms with E-state index in [0.717, 1.165) is 32.0 Å². The lowest BCUT2D eigenvalue weighted by Crippen LogP contribution is -2.27. The van der Waals surface area contributed by atoms with Gasteiger partial charge in [0.2, 0.25) is 10.0 Å². The number of benzene rings is 1. The molecule has 0 radical (unpaired) electrons. The molecule has 0 amide bonds. The molecular formula is C12H17FN2O2S. The average molecular weight is 272 g/mol. The molecule has 0 saturated carbocycles. The number of rotatable bonds is 5. The third-order valence-corrected chi connectivity index (χ3v) is 4.63. The van der Waals surface area contributed by atoms with E-state index in [1.54, 1.807) is 0 Å². The second kappa shape index (κ2) is 5.77. The Balaban J connectivity index is 1.93. The van der Waals surface area contributed by atoms with Gasteiger partial charge in [-0.1, -0.05) is 12.1 Å². The van der Waals surface area contributed by atoms with Crippen LogP contribution in [-0.2, 0) is 10.0 Å². The molecule has 1 saturated heterocycles. The van der Waals surface area contributed by atoms with Crippen molar-refractivity contribution in [3.8, 4) is 0 Å². The molecule has 2 N–H and O–H groups in total. The van der Waals surface area contributed by atoms with Crippen molar-refractivity contribution in [2.75, 3.05) is 19.6 Å². The predicted octanol–water partition coefficient (Wildman–Crippen LogP) is 1.10. The van der Waals surface area contributed by atoms with E-state index in [0.29, 0.717) is 12.5 Å². The van der Waals surface area contributed by atoms with Crippen LogP contribution in [0.4, 0.5) is 4.39 Å². The third-order valence-electron chi connectivity index (χ3n) is 3.13. The minimum atomic E-state index is -3.73. The summed E-state index contributed by atoms with van der Waals surface area (Å²) in [5, 5.41) is 3.22. The Morgan fingerprint density at radius 2 is 2.17 bits per heavy atom. The van der Waals surface area contributed by atoms with Crippen LogP contribution >= 0.6 is 0 Å². The Bertz CT molecular complexity index is 499. The van der Waals surface area contributed by atoms with E-state index in [2.05, 4.69) is 10.0 Å². The Morgan fingerprint density at radius 3 is 2.83 bits per heavy atom. The van der Waals surface area contributed by atoms with Crippen LogP contribution in [0.2, 0.25) is 0 Å². The van der Waals surface area contributed by atoms with Gasteiger partial charge in [-0.05, 0) is 44.0 Å². The van der Waals surface area contributed by atoms with Gasteiger partial charge in [0.1, 0.15) is 10.7 Å². The predicted molar refractivity (Wildman–Crippen MR) is 67.2 cm³/mol. The quantitative estimate of drug-likeness (QED) is 0.844. The molecule has 0 bridgehead atoms. The van der Waals surface area contributed by atoms with E-state index in [9.17, 15) is 12.8 Å². The molecule has 1 aromatic rings. The van der Waals surface area contributed by atoms with Crippen molar-refractivity contribution in [3.05, 3.63) is 30.1 Å². The van der Waals surface area contributed by atoms with Crippen molar-refractivity contribution in [2.24, 2.45) is 5.92 Å². The molecule has 1 aromatic carbocycles. The van der Waals surface area contributed by atoms with Gasteiger partial charge < -0.3 is 5.32 Å². The molecule has 0 aromatic heterocycles. The first-order valence-electron chi connectivity index (χ1n) is 6.04. The summed E-state index contributed by atoms with van der Waals surface area (Å²) < 4.78 is 39.6. The lowest BCUT2D eigenvalue weighted by Gasteiger charge is -2.10. The first kappa shape index (κ1) is 13.5. The number of sulfonamides is 1. The SMILES string of the molecule is O=S(=O)(NCCC1CCNC1)c1ccccc1F. The van der Waals surface area contributed by atoms with Crippen molar-refractivity contribution in [1.29, 1.82) is 0 Å². The van der Waals surface area contributed by atoms with E-state index < -0.39 is 15.8 Å². The van der Waals surface area contributed by atoms with Crippen molar-refractivity contribution >= 4 is 10.0 Å². The van der Waals surface area contributed by atoms with Gasteiger partial charge in [0.05, 0.1) is 0 Å². The maximum Gasteiger partial charge on any atom is 0.243 e. The molecule has 1 atom stereocenters. The maximum atomic E-state index is 13.4. The summed E-state index contributed by atoms with van der Waals surface area (Å²) in [4.78, 5) is -0.283. The highest BCUT2D eigenvalue weighted by atomic mass is 32.2. The van der Waals surface area contributed by atoms with Gasteiger partial charge in [-0.3, -0.25) is 0 Å². The monoisotopic (exact) mass is 272 g/mol. The molecule has 1 fully saturated rings. The van der Waals surface area contributed by atoms with Crippen LogP contribution in [-0.4, -0.2) is 28.1 Å². The van der Waals surface area contributed by atoms with Crippen molar-refractivity contribution in [3.63, 3.8) is 0 Å². The fourth-order valence-electron chi connectivity index (χ4n) is 2.10. The normalized spacial score (nSPS) is 20.2. The number of nitrogens with one attached hydrogen (secondary N) is 2. The molecule has 1 heterocycles. The van der Waals surface area contributed by atoms with Gasteiger partial charge in [-0.25, -0.2) is 17.5 Å². The van der Waals surface area contributed by atoms with Gasteiger partial charge in [0.25, 0.3) is 0 Å². The van der Waals surface area contributed by atoms with Crippen LogP contribution in [0.5, 0.6) is 0 Å². The molecule has 1 aliphatic heterocycles.